The molecule has 276 valence electrons. The van der Waals surface area contributed by atoms with Gasteiger partial charge in [-0.15, -0.1) is 0 Å². The summed E-state index contributed by atoms with van der Waals surface area (Å²) >= 11 is 0. The van der Waals surface area contributed by atoms with E-state index in [9.17, 15) is 9.59 Å². The van der Waals surface area contributed by atoms with Crippen molar-refractivity contribution in [3.63, 3.8) is 0 Å². The number of unbranched alkanes of at least 4 members (excludes halogenated alkanes) is 12. The van der Waals surface area contributed by atoms with Crippen LogP contribution in [0.5, 0.6) is 17.2 Å². The maximum atomic E-state index is 12.8. The van der Waals surface area contributed by atoms with Crippen LogP contribution >= 0.6 is 0 Å². The van der Waals surface area contributed by atoms with Gasteiger partial charge in [0.2, 0.25) is 0 Å². The SMILES string of the molecule is O=C(Oc1ccc(OCCCCCCCCCC2CO2)cc1)c1ccc(OC(=O)C2CCC(OCCCCCCCCCC3CO3)CC2)cc1. The van der Waals surface area contributed by atoms with Gasteiger partial charge in [-0.2, -0.15) is 0 Å². The summed E-state index contributed by atoms with van der Waals surface area (Å²) in [6, 6.07) is 13.7. The lowest BCUT2D eigenvalue weighted by Crippen LogP contribution is -2.29. The largest absolute Gasteiger partial charge is 0.494 e. The Balaban J connectivity index is 0.870. The summed E-state index contributed by atoms with van der Waals surface area (Å²) < 4.78 is 33.7. The summed E-state index contributed by atoms with van der Waals surface area (Å²) in [4.78, 5) is 25.5. The van der Waals surface area contributed by atoms with Crippen LogP contribution in [-0.2, 0) is 19.0 Å². The number of ether oxygens (including phenoxy) is 6. The zero-order valence-corrected chi connectivity index (χ0v) is 30.2. The van der Waals surface area contributed by atoms with E-state index in [-0.39, 0.29) is 18.0 Å². The predicted molar refractivity (Wildman–Crippen MR) is 194 cm³/mol. The standard InChI is InChI=1S/C42H60O8/c43-41(33-17-21-35(22-18-33)45-29-13-9-5-1-3-7-11-15-39-31-47-39)49-37-23-19-34(20-24-37)42(44)50-38-27-25-36(26-28-38)46-30-14-10-6-2-4-8-12-16-40-32-48-40/h19-20,23-28,33,35,39-40H,1-18,21-22,29-32H2. The van der Waals surface area contributed by atoms with Gasteiger partial charge in [-0.05, 0) is 99.9 Å². The Bertz CT molecular complexity index is 1230. The summed E-state index contributed by atoms with van der Waals surface area (Å²) in [5.74, 6) is 0.851. The third kappa shape index (κ3) is 15.5. The van der Waals surface area contributed by atoms with Crippen molar-refractivity contribution in [3.05, 3.63) is 54.1 Å². The Morgan fingerprint density at radius 3 is 1.56 bits per heavy atom. The van der Waals surface area contributed by atoms with Crippen LogP contribution in [0.1, 0.15) is 139 Å². The maximum Gasteiger partial charge on any atom is 0.343 e. The lowest BCUT2D eigenvalue weighted by molar-refractivity contribution is -0.141. The van der Waals surface area contributed by atoms with Gasteiger partial charge in [-0.1, -0.05) is 77.0 Å². The van der Waals surface area contributed by atoms with Crippen molar-refractivity contribution in [1.29, 1.82) is 0 Å². The van der Waals surface area contributed by atoms with Crippen LogP contribution in [0.15, 0.2) is 48.5 Å². The van der Waals surface area contributed by atoms with Crippen LogP contribution in [0, 0.1) is 5.92 Å². The molecule has 5 rings (SSSR count). The Morgan fingerprint density at radius 2 is 1.00 bits per heavy atom. The summed E-state index contributed by atoms with van der Waals surface area (Å²) in [7, 11) is 0. The average molecular weight is 693 g/mol. The van der Waals surface area contributed by atoms with Gasteiger partial charge >= 0.3 is 11.9 Å². The fourth-order valence-electron chi connectivity index (χ4n) is 6.72. The van der Waals surface area contributed by atoms with Crippen molar-refractivity contribution in [2.75, 3.05) is 26.4 Å². The molecule has 1 saturated carbocycles. The second-order valence-corrected chi connectivity index (χ2v) is 14.4. The minimum absolute atomic E-state index is 0.120. The van der Waals surface area contributed by atoms with Gasteiger partial charge in [0, 0.05) is 6.61 Å². The lowest BCUT2D eigenvalue weighted by Gasteiger charge is -2.27. The van der Waals surface area contributed by atoms with E-state index in [1.54, 1.807) is 36.4 Å². The highest BCUT2D eigenvalue weighted by Crippen LogP contribution is 2.29. The van der Waals surface area contributed by atoms with Crippen LogP contribution in [-0.4, -0.2) is 56.7 Å². The molecule has 2 unspecified atom stereocenters. The van der Waals surface area contributed by atoms with Gasteiger partial charge in [0.15, 0.2) is 0 Å². The van der Waals surface area contributed by atoms with Crippen molar-refractivity contribution in [3.8, 4) is 17.2 Å². The Morgan fingerprint density at radius 1 is 0.540 bits per heavy atom. The number of carbonyl (C=O) groups is 2. The number of rotatable bonds is 26. The number of hydrogen-bond acceptors (Lipinski definition) is 8. The topological polar surface area (TPSA) is 96.1 Å². The molecule has 0 bridgehead atoms. The highest BCUT2D eigenvalue weighted by atomic mass is 16.6. The predicted octanol–water partition coefficient (Wildman–Crippen LogP) is 9.80. The van der Waals surface area contributed by atoms with Gasteiger partial charge in [-0.3, -0.25) is 4.79 Å². The summed E-state index contributed by atoms with van der Waals surface area (Å²) in [6.45, 7) is 3.45. The first kappa shape index (κ1) is 38.3. The first-order chi connectivity index (χ1) is 24.6. The zero-order chi connectivity index (χ0) is 34.6. The van der Waals surface area contributed by atoms with E-state index in [1.807, 2.05) is 12.1 Å². The van der Waals surface area contributed by atoms with E-state index in [0.29, 0.717) is 35.9 Å². The second kappa shape index (κ2) is 22.1. The van der Waals surface area contributed by atoms with Crippen LogP contribution in [0.4, 0.5) is 0 Å². The smallest absolute Gasteiger partial charge is 0.343 e. The fraction of sp³-hybridized carbons (Fsp3) is 0.667. The van der Waals surface area contributed by atoms with Gasteiger partial charge in [-0.25, -0.2) is 4.79 Å². The van der Waals surface area contributed by atoms with E-state index in [0.717, 1.165) is 64.1 Å². The van der Waals surface area contributed by atoms with E-state index < -0.39 is 5.97 Å². The first-order valence-corrected chi connectivity index (χ1v) is 19.7. The molecule has 0 aromatic heterocycles. The molecule has 0 amide bonds. The molecule has 1 aliphatic carbocycles. The molecule has 50 heavy (non-hydrogen) atoms. The number of carbonyl (C=O) groups excluding carboxylic acids is 2. The van der Waals surface area contributed by atoms with Crippen molar-refractivity contribution in [2.45, 2.75) is 147 Å². The van der Waals surface area contributed by atoms with E-state index in [2.05, 4.69) is 0 Å². The van der Waals surface area contributed by atoms with Gasteiger partial charge in [0.05, 0.1) is 49.6 Å². The normalized spacial score (nSPS) is 21.0. The van der Waals surface area contributed by atoms with Crippen LogP contribution in [0.25, 0.3) is 0 Å². The molecular weight excluding hydrogens is 632 g/mol. The van der Waals surface area contributed by atoms with Gasteiger partial charge in [0.25, 0.3) is 0 Å². The minimum atomic E-state index is -0.467. The fourth-order valence-corrected chi connectivity index (χ4v) is 6.72. The molecule has 2 saturated heterocycles. The Kier molecular flexibility index (Phi) is 16.9. The molecular formula is C42H60O8. The molecule has 8 heteroatoms. The molecule has 3 aliphatic rings. The number of hydrogen-bond donors (Lipinski definition) is 0. The molecule has 2 aliphatic heterocycles. The summed E-state index contributed by atoms with van der Waals surface area (Å²) in [5.41, 5.74) is 0.388. The summed E-state index contributed by atoms with van der Waals surface area (Å²) in [5, 5.41) is 0. The second-order valence-electron chi connectivity index (χ2n) is 14.4. The monoisotopic (exact) mass is 692 g/mol. The highest BCUT2D eigenvalue weighted by Gasteiger charge is 2.28. The number of esters is 2. The maximum absolute atomic E-state index is 12.8. The molecule has 2 atom stereocenters. The van der Waals surface area contributed by atoms with E-state index in [1.165, 1.54) is 89.9 Å². The van der Waals surface area contributed by atoms with Crippen LogP contribution < -0.4 is 14.2 Å². The number of benzene rings is 2. The zero-order valence-electron chi connectivity index (χ0n) is 30.2. The molecule has 2 aromatic carbocycles. The van der Waals surface area contributed by atoms with Crippen LogP contribution in [0.2, 0.25) is 0 Å². The summed E-state index contributed by atoms with van der Waals surface area (Å²) in [6.07, 6.45) is 24.7. The van der Waals surface area contributed by atoms with E-state index >= 15 is 0 Å². The molecule has 2 aromatic rings. The van der Waals surface area contributed by atoms with Gasteiger partial charge < -0.3 is 28.4 Å². The Labute approximate surface area is 299 Å². The third-order valence-corrected chi connectivity index (χ3v) is 10.1. The first-order valence-electron chi connectivity index (χ1n) is 19.7. The molecule has 0 spiro atoms. The average Bonchev–Trinajstić information content (AvgIpc) is 4.08. The third-order valence-electron chi connectivity index (χ3n) is 10.1. The lowest BCUT2D eigenvalue weighted by atomic mass is 9.87. The van der Waals surface area contributed by atoms with Crippen molar-refractivity contribution < 1.29 is 38.0 Å². The van der Waals surface area contributed by atoms with Crippen LogP contribution in [0.3, 0.4) is 0 Å². The molecule has 0 radical (unpaired) electrons. The van der Waals surface area contributed by atoms with Crippen molar-refractivity contribution >= 4 is 11.9 Å². The van der Waals surface area contributed by atoms with E-state index in [4.69, 9.17) is 28.4 Å². The highest BCUT2D eigenvalue weighted by molar-refractivity contribution is 5.91. The van der Waals surface area contributed by atoms with Crippen molar-refractivity contribution in [1.82, 2.24) is 0 Å². The molecule has 3 fully saturated rings. The number of epoxide rings is 2. The minimum Gasteiger partial charge on any atom is -0.494 e. The molecule has 2 heterocycles. The quantitative estimate of drug-likeness (QED) is 0.0416. The van der Waals surface area contributed by atoms with Crippen molar-refractivity contribution in [2.24, 2.45) is 5.92 Å². The molecule has 8 nitrogen and oxygen atoms in total. The van der Waals surface area contributed by atoms with Gasteiger partial charge in [0.1, 0.15) is 17.2 Å². The Hall–Kier alpha value is -2.94. The molecule has 0 N–H and O–H groups in total.